The molecule has 1 atom stereocenters. The molecule has 0 aliphatic rings. The first-order valence-corrected chi connectivity index (χ1v) is 7.68. The van der Waals surface area contributed by atoms with Crippen LogP contribution in [0.2, 0.25) is 5.02 Å². The van der Waals surface area contributed by atoms with E-state index < -0.39 is 0 Å². The topological polar surface area (TPSA) is 45.1 Å². The van der Waals surface area contributed by atoms with E-state index in [1.165, 1.54) is 0 Å². The number of methoxy groups -OCH3 is 1. The molecule has 23 heavy (non-hydrogen) atoms. The number of phenols is 1. The largest absolute Gasteiger partial charge is 0.507 e. The van der Waals surface area contributed by atoms with Crippen LogP contribution in [0.1, 0.15) is 17.2 Å². The molecule has 1 N–H and O–H groups in total. The van der Waals surface area contributed by atoms with Gasteiger partial charge in [0.05, 0.1) is 19.7 Å². The molecule has 5 heteroatoms. The van der Waals surface area contributed by atoms with E-state index >= 15 is 0 Å². The number of ether oxygens (including phenoxy) is 1. The molecule has 122 valence electrons. The van der Waals surface area contributed by atoms with Crippen LogP contribution in [0.25, 0.3) is 0 Å². The maximum Gasteiger partial charge on any atom is 0.124 e. The molecule has 0 amide bonds. The zero-order chi connectivity index (χ0) is 16.8. The Kier molecular flexibility index (Phi) is 6.02. The van der Waals surface area contributed by atoms with Gasteiger partial charge in [-0.2, -0.15) is 0 Å². The summed E-state index contributed by atoms with van der Waals surface area (Å²) in [5.74, 6) is 1.00. The zero-order valence-corrected chi connectivity index (χ0v) is 14.3. The van der Waals surface area contributed by atoms with Crippen molar-refractivity contribution in [2.45, 2.75) is 6.04 Å². The molecule has 2 rings (SSSR count). The highest BCUT2D eigenvalue weighted by Gasteiger charge is 2.17. The number of aliphatic imine (C=N–C) groups is 1. The molecule has 0 bridgehead atoms. The molecule has 4 nitrogen and oxygen atoms in total. The lowest BCUT2D eigenvalue weighted by Crippen LogP contribution is -2.23. The summed E-state index contributed by atoms with van der Waals surface area (Å²) in [6.07, 6.45) is 1.65. The normalized spacial score (nSPS) is 12.7. The average Bonchev–Trinajstić information content (AvgIpc) is 2.54. The Balaban J connectivity index is 2.20. The maximum absolute atomic E-state index is 9.83. The zero-order valence-electron chi connectivity index (χ0n) is 13.5. The third-order valence-electron chi connectivity index (χ3n) is 3.62. The van der Waals surface area contributed by atoms with Gasteiger partial charge in [0.2, 0.25) is 0 Å². The molecular weight excluding hydrogens is 312 g/mol. The molecule has 0 aromatic heterocycles. The summed E-state index contributed by atoms with van der Waals surface area (Å²) in [5.41, 5.74) is 1.68. The second-order valence-electron chi connectivity index (χ2n) is 5.42. The van der Waals surface area contributed by atoms with Gasteiger partial charge in [-0.15, -0.1) is 0 Å². The molecule has 0 saturated carbocycles. The first-order valence-electron chi connectivity index (χ1n) is 7.30. The third kappa shape index (κ3) is 4.47. The van der Waals surface area contributed by atoms with Crippen molar-refractivity contribution in [1.82, 2.24) is 4.90 Å². The van der Waals surface area contributed by atoms with Crippen molar-refractivity contribution in [3.8, 4) is 11.5 Å². The van der Waals surface area contributed by atoms with Gasteiger partial charge in [-0.05, 0) is 38.4 Å². The molecule has 2 aromatic rings. The minimum Gasteiger partial charge on any atom is -0.507 e. The predicted molar refractivity (Wildman–Crippen MR) is 95.0 cm³/mol. The highest BCUT2D eigenvalue weighted by molar-refractivity contribution is 6.30. The molecule has 0 saturated heterocycles. The minimum absolute atomic E-state index is 0.0729. The number of hydrogen-bond acceptors (Lipinski definition) is 4. The SMILES string of the molecule is COc1ccccc1[C@@H](CN=Cc1cc(Cl)ccc1O)N(C)C. The van der Waals surface area contributed by atoms with Crippen LogP contribution < -0.4 is 4.74 Å². The van der Waals surface area contributed by atoms with E-state index in [9.17, 15) is 5.11 Å². The standard InChI is InChI=1S/C18H21ClN2O2/c1-21(2)16(15-6-4-5-7-18(15)23-3)12-20-11-13-10-14(19)8-9-17(13)22/h4-11,16,22H,12H2,1-3H3/t16-/m1/s1. The van der Waals surface area contributed by atoms with Gasteiger partial charge < -0.3 is 14.7 Å². The summed E-state index contributed by atoms with van der Waals surface area (Å²) in [5, 5.41) is 10.4. The van der Waals surface area contributed by atoms with Crippen LogP contribution in [0.4, 0.5) is 0 Å². The summed E-state index contributed by atoms with van der Waals surface area (Å²) in [4.78, 5) is 6.57. The highest BCUT2D eigenvalue weighted by atomic mass is 35.5. The highest BCUT2D eigenvalue weighted by Crippen LogP contribution is 2.28. The number of nitrogens with zero attached hydrogens (tertiary/aromatic N) is 2. The van der Waals surface area contributed by atoms with Crippen LogP contribution >= 0.6 is 11.6 Å². The van der Waals surface area contributed by atoms with Gasteiger partial charge in [0.25, 0.3) is 0 Å². The fourth-order valence-corrected chi connectivity index (χ4v) is 2.54. The molecule has 0 unspecified atom stereocenters. The summed E-state index contributed by atoms with van der Waals surface area (Å²) in [6.45, 7) is 0.541. The number of halogens is 1. The van der Waals surface area contributed by atoms with Crippen LogP contribution in [0, 0.1) is 0 Å². The van der Waals surface area contributed by atoms with E-state index in [1.807, 2.05) is 38.4 Å². The number of likely N-dealkylation sites (N-methyl/N-ethyl adjacent to an activating group) is 1. The second kappa shape index (κ2) is 7.99. The summed E-state index contributed by atoms with van der Waals surface area (Å²) < 4.78 is 5.44. The van der Waals surface area contributed by atoms with Gasteiger partial charge >= 0.3 is 0 Å². The van der Waals surface area contributed by atoms with Crippen molar-refractivity contribution in [3.63, 3.8) is 0 Å². The average molecular weight is 333 g/mol. The number of rotatable bonds is 6. The third-order valence-corrected chi connectivity index (χ3v) is 3.85. The lowest BCUT2D eigenvalue weighted by Gasteiger charge is -2.24. The Labute approximate surface area is 142 Å². The lowest BCUT2D eigenvalue weighted by molar-refractivity contribution is 0.295. The Bertz CT molecular complexity index is 686. The fourth-order valence-electron chi connectivity index (χ4n) is 2.36. The van der Waals surface area contributed by atoms with Crippen molar-refractivity contribution in [3.05, 3.63) is 58.6 Å². The smallest absolute Gasteiger partial charge is 0.124 e. The Hall–Kier alpha value is -2.04. The van der Waals surface area contributed by atoms with Crippen LogP contribution in [-0.4, -0.2) is 44.0 Å². The van der Waals surface area contributed by atoms with Gasteiger partial charge in [-0.1, -0.05) is 29.8 Å². The van der Waals surface area contributed by atoms with Gasteiger partial charge in [0.15, 0.2) is 0 Å². The monoisotopic (exact) mass is 332 g/mol. The molecule has 0 radical (unpaired) electrons. The van der Waals surface area contributed by atoms with Gasteiger partial charge in [0, 0.05) is 22.4 Å². The van der Waals surface area contributed by atoms with Crippen molar-refractivity contribution in [2.75, 3.05) is 27.7 Å². The van der Waals surface area contributed by atoms with Crippen LogP contribution in [0.3, 0.4) is 0 Å². The Morgan fingerprint density at radius 1 is 1.26 bits per heavy atom. The molecule has 0 fully saturated rings. The van der Waals surface area contributed by atoms with Crippen LogP contribution in [-0.2, 0) is 0 Å². The number of para-hydroxylation sites is 1. The van der Waals surface area contributed by atoms with E-state index in [4.69, 9.17) is 16.3 Å². The van der Waals surface area contributed by atoms with E-state index in [-0.39, 0.29) is 11.8 Å². The number of aromatic hydroxyl groups is 1. The molecule has 0 aliphatic heterocycles. The van der Waals surface area contributed by atoms with E-state index in [0.717, 1.165) is 11.3 Å². The Morgan fingerprint density at radius 3 is 2.70 bits per heavy atom. The second-order valence-corrected chi connectivity index (χ2v) is 5.86. The molecule has 0 spiro atoms. The quantitative estimate of drug-likeness (QED) is 0.819. The molecule has 0 aliphatic carbocycles. The predicted octanol–water partition coefficient (Wildman–Crippen LogP) is 3.78. The lowest BCUT2D eigenvalue weighted by atomic mass is 10.0. The number of phenolic OH excluding ortho intramolecular Hbond substituents is 1. The van der Waals surface area contributed by atoms with Crippen molar-refractivity contribution < 1.29 is 9.84 Å². The first kappa shape index (κ1) is 17.3. The summed E-state index contributed by atoms with van der Waals surface area (Å²) in [7, 11) is 5.67. The van der Waals surface area contributed by atoms with Crippen LogP contribution in [0.5, 0.6) is 11.5 Å². The number of hydrogen-bond donors (Lipinski definition) is 1. The Morgan fingerprint density at radius 2 is 2.00 bits per heavy atom. The van der Waals surface area contributed by atoms with Crippen molar-refractivity contribution >= 4 is 17.8 Å². The molecular formula is C18H21ClN2O2. The van der Waals surface area contributed by atoms with Gasteiger partial charge in [-0.3, -0.25) is 4.99 Å². The summed E-state index contributed by atoms with van der Waals surface area (Å²) >= 11 is 5.95. The van der Waals surface area contributed by atoms with Crippen molar-refractivity contribution in [2.24, 2.45) is 4.99 Å². The number of benzene rings is 2. The van der Waals surface area contributed by atoms with E-state index in [0.29, 0.717) is 17.1 Å². The van der Waals surface area contributed by atoms with Gasteiger partial charge in [0.1, 0.15) is 11.5 Å². The van der Waals surface area contributed by atoms with Crippen LogP contribution in [0.15, 0.2) is 47.5 Å². The fraction of sp³-hybridized carbons (Fsp3) is 0.278. The van der Waals surface area contributed by atoms with E-state index in [1.54, 1.807) is 31.5 Å². The van der Waals surface area contributed by atoms with Crippen molar-refractivity contribution in [1.29, 1.82) is 0 Å². The maximum atomic E-state index is 9.83. The molecule has 0 heterocycles. The molecule has 2 aromatic carbocycles. The summed E-state index contributed by atoms with van der Waals surface area (Å²) in [6, 6.07) is 12.9. The first-order chi connectivity index (χ1) is 11.0. The minimum atomic E-state index is 0.0729. The van der Waals surface area contributed by atoms with Gasteiger partial charge in [-0.25, -0.2) is 0 Å². The van der Waals surface area contributed by atoms with E-state index in [2.05, 4.69) is 9.89 Å².